The Balaban J connectivity index is 1.55. The zero-order chi connectivity index (χ0) is 17.8. The smallest absolute Gasteiger partial charge is 0.142 e. The highest BCUT2D eigenvalue weighted by atomic mass is 35.5. The zero-order valence-electron chi connectivity index (χ0n) is 15.2. The molecule has 2 aliphatic rings. The van der Waals surface area contributed by atoms with E-state index in [0.29, 0.717) is 5.92 Å². The summed E-state index contributed by atoms with van der Waals surface area (Å²) in [5.74, 6) is 2.67. The summed E-state index contributed by atoms with van der Waals surface area (Å²) in [5, 5.41) is 9.22. The van der Waals surface area contributed by atoms with Crippen LogP contribution in [0.4, 0.5) is 4.39 Å². The number of hydrogen-bond acceptors (Lipinski definition) is 1. The van der Waals surface area contributed by atoms with Crippen molar-refractivity contribution in [3.05, 3.63) is 34.1 Å². The van der Waals surface area contributed by atoms with Crippen molar-refractivity contribution >= 4 is 11.6 Å². The van der Waals surface area contributed by atoms with Crippen LogP contribution in [0.3, 0.4) is 0 Å². The van der Waals surface area contributed by atoms with E-state index in [-0.39, 0.29) is 10.6 Å². The Bertz CT molecular complexity index is 596. The Kier molecular flexibility index (Phi) is 6.39. The molecule has 3 rings (SSSR count). The van der Waals surface area contributed by atoms with E-state index in [0.717, 1.165) is 36.2 Å². The number of benzene rings is 1. The molecule has 2 fully saturated rings. The normalized spacial score (nSPS) is 30.0. The number of rotatable bonds is 4. The molecule has 0 amide bonds. The molecular formula is C22H29ClFN. The molecule has 2 saturated carbocycles. The van der Waals surface area contributed by atoms with Crippen molar-refractivity contribution < 1.29 is 4.39 Å². The predicted molar refractivity (Wildman–Crippen MR) is 101 cm³/mol. The van der Waals surface area contributed by atoms with Gasteiger partial charge in [0.15, 0.2) is 0 Å². The van der Waals surface area contributed by atoms with Gasteiger partial charge in [0.05, 0.1) is 5.02 Å². The van der Waals surface area contributed by atoms with Gasteiger partial charge in [0, 0.05) is 0 Å². The average Bonchev–Trinajstić information content (AvgIpc) is 2.62. The molecule has 0 aromatic heterocycles. The molecule has 0 aliphatic heterocycles. The maximum absolute atomic E-state index is 14.0. The summed E-state index contributed by atoms with van der Waals surface area (Å²) in [6.07, 6.45) is 13.2. The Morgan fingerprint density at radius 3 is 2.16 bits per heavy atom. The largest absolute Gasteiger partial charge is 0.205 e. The van der Waals surface area contributed by atoms with E-state index >= 15 is 0 Å². The van der Waals surface area contributed by atoms with E-state index in [1.807, 2.05) is 12.1 Å². The number of halogens is 2. The van der Waals surface area contributed by atoms with Gasteiger partial charge in [0.2, 0.25) is 0 Å². The van der Waals surface area contributed by atoms with Crippen molar-refractivity contribution in [3.63, 3.8) is 0 Å². The monoisotopic (exact) mass is 361 g/mol. The standard InChI is InChI=1S/C22H29ClFN/c1-2-3-15-4-6-16(7-5-15)17-8-10-18(11-9-17)19-12-21(23)20(14-25)22(24)13-19/h12-13,15-18H,2-11H2,1H3. The minimum absolute atomic E-state index is 0.0251. The molecule has 136 valence electrons. The van der Waals surface area contributed by atoms with Crippen LogP contribution in [0.15, 0.2) is 12.1 Å². The lowest BCUT2D eigenvalue weighted by Crippen LogP contribution is -2.25. The van der Waals surface area contributed by atoms with Crippen LogP contribution in [-0.4, -0.2) is 0 Å². The summed E-state index contributed by atoms with van der Waals surface area (Å²) in [5.41, 5.74) is 0.953. The predicted octanol–water partition coefficient (Wildman–Crippen LogP) is 7.23. The van der Waals surface area contributed by atoms with Crippen molar-refractivity contribution in [2.24, 2.45) is 17.8 Å². The van der Waals surface area contributed by atoms with Gasteiger partial charge in [0.1, 0.15) is 17.4 Å². The van der Waals surface area contributed by atoms with Crippen LogP contribution in [0.1, 0.15) is 88.2 Å². The van der Waals surface area contributed by atoms with Crippen molar-refractivity contribution in [3.8, 4) is 6.07 Å². The Morgan fingerprint density at radius 1 is 1.04 bits per heavy atom. The second-order valence-corrected chi connectivity index (χ2v) is 8.56. The van der Waals surface area contributed by atoms with Gasteiger partial charge in [-0.15, -0.1) is 0 Å². The first kappa shape index (κ1) is 18.7. The molecule has 2 aliphatic carbocycles. The molecule has 0 radical (unpaired) electrons. The van der Waals surface area contributed by atoms with Gasteiger partial charge in [-0.2, -0.15) is 5.26 Å². The molecule has 1 aromatic rings. The third-order valence-electron chi connectivity index (χ3n) is 6.67. The van der Waals surface area contributed by atoms with Gasteiger partial charge in [-0.3, -0.25) is 0 Å². The molecule has 0 N–H and O–H groups in total. The molecule has 0 spiro atoms. The van der Waals surface area contributed by atoms with E-state index in [1.165, 1.54) is 57.4 Å². The van der Waals surface area contributed by atoms with Crippen LogP contribution in [0.5, 0.6) is 0 Å². The Morgan fingerprint density at radius 2 is 1.64 bits per heavy atom. The van der Waals surface area contributed by atoms with Crippen LogP contribution in [0.25, 0.3) is 0 Å². The molecule has 0 unspecified atom stereocenters. The van der Waals surface area contributed by atoms with Crippen molar-refractivity contribution in [2.45, 2.75) is 77.0 Å². The van der Waals surface area contributed by atoms with Gasteiger partial charge in [-0.25, -0.2) is 4.39 Å². The summed E-state index contributed by atoms with van der Waals surface area (Å²) in [6, 6.07) is 5.19. The third kappa shape index (κ3) is 4.37. The van der Waals surface area contributed by atoms with E-state index < -0.39 is 5.82 Å². The summed E-state index contributed by atoms with van der Waals surface area (Å²) in [7, 11) is 0. The van der Waals surface area contributed by atoms with E-state index in [2.05, 4.69) is 6.92 Å². The van der Waals surface area contributed by atoms with Crippen LogP contribution in [0, 0.1) is 34.9 Å². The van der Waals surface area contributed by atoms with Gasteiger partial charge in [-0.05, 0) is 79.9 Å². The first-order valence-corrected chi connectivity index (χ1v) is 10.4. The van der Waals surface area contributed by atoms with Crippen LogP contribution in [-0.2, 0) is 0 Å². The number of nitrogens with zero attached hydrogens (tertiary/aromatic N) is 1. The molecule has 1 aromatic carbocycles. The topological polar surface area (TPSA) is 23.8 Å². The highest BCUT2D eigenvalue weighted by molar-refractivity contribution is 6.31. The zero-order valence-corrected chi connectivity index (χ0v) is 16.0. The van der Waals surface area contributed by atoms with Gasteiger partial charge >= 0.3 is 0 Å². The average molecular weight is 362 g/mol. The molecule has 1 nitrogen and oxygen atoms in total. The second kappa shape index (κ2) is 8.54. The number of hydrogen-bond donors (Lipinski definition) is 0. The van der Waals surface area contributed by atoms with Gasteiger partial charge in [-0.1, -0.05) is 44.2 Å². The summed E-state index contributed by atoms with van der Waals surface area (Å²) in [4.78, 5) is 0. The fraction of sp³-hybridized carbons (Fsp3) is 0.682. The Hall–Kier alpha value is -1.07. The molecule has 0 bridgehead atoms. The summed E-state index contributed by atoms with van der Waals surface area (Å²) < 4.78 is 14.0. The maximum atomic E-state index is 14.0. The molecule has 0 heterocycles. The third-order valence-corrected chi connectivity index (χ3v) is 6.97. The molecule has 3 heteroatoms. The summed E-state index contributed by atoms with van der Waals surface area (Å²) >= 11 is 6.08. The van der Waals surface area contributed by atoms with Crippen molar-refractivity contribution in [2.75, 3.05) is 0 Å². The van der Waals surface area contributed by atoms with Crippen molar-refractivity contribution in [1.29, 1.82) is 5.26 Å². The first-order chi connectivity index (χ1) is 12.1. The van der Waals surface area contributed by atoms with Crippen LogP contribution in [0.2, 0.25) is 5.02 Å². The lowest BCUT2D eigenvalue weighted by atomic mass is 9.68. The van der Waals surface area contributed by atoms with Crippen LogP contribution < -0.4 is 0 Å². The lowest BCUT2D eigenvalue weighted by molar-refractivity contribution is 0.156. The fourth-order valence-electron chi connectivity index (χ4n) is 5.22. The van der Waals surface area contributed by atoms with E-state index in [9.17, 15) is 4.39 Å². The minimum Gasteiger partial charge on any atom is -0.205 e. The Labute approximate surface area is 156 Å². The summed E-state index contributed by atoms with van der Waals surface area (Å²) in [6.45, 7) is 2.30. The van der Waals surface area contributed by atoms with Crippen molar-refractivity contribution in [1.82, 2.24) is 0 Å². The first-order valence-electron chi connectivity index (χ1n) is 10.0. The van der Waals surface area contributed by atoms with Crippen LogP contribution >= 0.6 is 11.6 Å². The van der Waals surface area contributed by atoms with Gasteiger partial charge < -0.3 is 0 Å². The minimum atomic E-state index is -0.471. The number of nitriles is 1. The fourth-order valence-corrected chi connectivity index (χ4v) is 5.47. The quantitative estimate of drug-likeness (QED) is 0.554. The molecular weight excluding hydrogens is 333 g/mol. The highest BCUT2D eigenvalue weighted by Gasteiger charge is 2.31. The second-order valence-electron chi connectivity index (χ2n) is 8.15. The van der Waals surface area contributed by atoms with E-state index in [1.54, 1.807) is 0 Å². The lowest BCUT2D eigenvalue weighted by Gasteiger charge is -2.38. The molecule has 25 heavy (non-hydrogen) atoms. The maximum Gasteiger partial charge on any atom is 0.142 e. The molecule has 0 saturated heterocycles. The van der Waals surface area contributed by atoms with E-state index in [4.69, 9.17) is 16.9 Å². The molecule has 0 atom stereocenters. The SMILES string of the molecule is CCCC1CCC(C2CCC(c3cc(F)c(C#N)c(Cl)c3)CC2)CC1. The van der Waals surface area contributed by atoms with Gasteiger partial charge in [0.25, 0.3) is 0 Å². The highest BCUT2D eigenvalue weighted by Crippen LogP contribution is 2.45.